The van der Waals surface area contributed by atoms with Crippen molar-refractivity contribution in [1.29, 1.82) is 0 Å². The summed E-state index contributed by atoms with van der Waals surface area (Å²) in [4.78, 5) is 9.81. The van der Waals surface area contributed by atoms with Crippen LogP contribution in [0.25, 0.3) is 0 Å². The van der Waals surface area contributed by atoms with Crippen molar-refractivity contribution in [2.45, 2.75) is 37.9 Å². The lowest BCUT2D eigenvalue weighted by molar-refractivity contribution is 0.0957. The Labute approximate surface area is 121 Å². The third kappa shape index (κ3) is 2.62. The normalized spacial score (nSPS) is 29.1. The molecule has 1 aromatic heterocycles. The van der Waals surface area contributed by atoms with Gasteiger partial charge in [0.1, 0.15) is 5.82 Å². The van der Waals surface area contributed by atoms with E-state index in [1.165, 1.54) is 64.4 Å². The first-order valence-electron chi connectivity index (χ1n) is 8.09. The quantitative estimate of drug-likeness (QED) is 0.877. The summed E-state index contributed by atoms with van der Waals surface area (Å²) in [5, 5.41) is 3.48. The van der Waals surface area contributed by atoms with E-state index in [1.54, 1.807) is 0 Å². The molecule has 5 nitrogen and oxygen atoms in total. The molecular formula is C15H25N5. The predicted octanol–water partition coefficient (Wildman–Crippen LogP) is 0.698. The van der Waals surface area contributed by atoms with E-state index in [0.717, 1.165) is 18.6 Å². The van der Waals surface area contributed by atoms with Gasteiger partial charge >= 0.3 is 0 Å². The van der Waals surface area contributed by atoms with Crippen molar-refractivity contribution in [2.75, 3.05) is 39.3 Å². The summed E-state index contributed by atoms with van der Waals surface area (Å²) in [6.45, 7) is 8.23. The molecule has 3 fully saturated rings. The topological polar surface area (TPSA) is 36.3 Å². The molecule has 1 N–H and O–H groups in total. The molecule has 1 unspecified atom stereocenters. The van der Waals surface area contributed by atoms with Gasteiger partial charge in [-0.05, 0) is 25.8 Å². The molecule has 1 aliphatic carbocycles. The number of imidazole rings is 1. The van der Waals surface area contributed by atoms with E-state index in [4.69, 9.17) is 0 Å². The van der Waals surface area contributed by atoms with Crippen molar-refractivity contribution in [1.82, 2.24) is 24.7 Å². The van der Waals surface area contributed by atoms with E-state index < -0.39 is 0 Å². The van der Waals surface area contributed by atoms with E-state index in [9.17, 15) is 0 Å². The maximum Gasteiger partial charge on any atom is 0.123 e. The molecule has 1 aromatic rings. The van der Waals surface area contributed by atoms with Gasteiger partial charge in [-0.3, -0.25) is 9.80 Å². The lowest BCUT2D eigenvalue weighted by atomic mass is 10.2. The molecule has 0 radical (unpaired) electrons. The van der Waals surface area contributed by atoms with Crippen molar-refractivity contribution >= 4 is 0 Å². The predicted molar refractivity (Wildman–Crippen MR) is 78.6 cm³/mol. The van der Waals surface area contributed by atoms with Crippen LogP contribution in [-0.2, 0) is 6.54 Å². The van der Waals surface area contributed by atoms with Gasteiger partial charge in [0.05, 0.1) is 6.54 Å². The monoisotopic (exact) mass is 275 g/mol. The summed E-state index contributed by atoms with van der Waals surface area (Å²) in [6, 6.07) is 1.53. The highest BCUT2D eigenvalue weighted by Gasteiger charge is 2.28. The molecule has 4 rings (SSSR count). The van der Waals surface area contributed by atoms with Crippen molar-refractivity contribution in [3.63, 3.8) is 0 Å². The molecule has 0 spiro atoms. The first kappa shape index (κ1) is 12.8. The van der Waals surface area contributed by atoms with Crippen LogP contribution in [0.1, 0.15) is 31.1 Å². The van der Waals surface area contributed by atoms with Crippen LogP contribution in [0.2, 0.25) is 0 Å². The fourth-order valence-corrected chi connectivity index (χ4v) is 3.59. The second kappa shape index (κ2) is 5.47. The van der Waals surface area contributed by atoms with E-state index in [2.05, 4.69) is 30.9 Å². The summed E-state index contributed by atoms with van der Waals surface area (Å²) in [5.41, 5.74) is 0. The van der Waals surface area contributed by atoms with Gasteiger partial charge in [-0.1, -0.05) is 0 Å². The number of hydrogen-bond acceptors (Lipinski definition) is 4. The van der Waals surface area contributed by atoms with Gasteiger partial charge in [0.15, 0.2) is 0 Å². The maximum absolute atomic E-state index is 4.57. The van der Waals surface area contributed by atoms with Crippen LogP contribution >= 0.6 is 0 Å². The number of nitrogens with zero attached hydrogens (tertiary/aromatic N) is 4. The van der Waals surface area contributed by atoms with Gasteiger partial charge < -0.3 is 9.88 Å². The number of aromatic nitrogens is 2. The van der Waals surface area contributed by atoms with Gasteiger partial charge in [0, 0.05) is 57.2 Å². The highest BCUT2D eigenvalue weighted by atomic mass is 15.3. The Morgan fingerprint density at radius 2 is 1.95 bits per heavy atom. The summed E-state index contributed by atoms with van der Waals surface area (Å²) < 4.78 is 2.40. The Bertz CT molecular complexity index is 439. The lowest BCUT2D eigenvalue weighted by Crippen LogP contribution is -2.50. The van der Waals surface area contributed by atoms with Crippen LogP contribution in [0.3, 0.4) is 0 Å². The second-order valence-corrected chi connectivity index (χ2v) is 6.44. The summed E-state index contributed by atoms with van der Waals surface area (Å²) in [7, 11) is 0. The second-order valence-electron chi connectivity index (χ2n) is 6.44. The zero-order valence-corrected chi connectivity index (χ0v) is 12.2. The highest BCUT2D eigenvalue weighted by Crippen LogP contribution is 2.35. The largest absolute Gasteiger partial charge is 0.331 e. The van der Waals surface area contributed by atoms with Gasteiger partial charge in [0.25, 0.3) is 0 Å². The molecule has 20 heavy (non-hydrogen) atoms. The molecule has 110 valence electrons. The van der Waals surface area contributed by atoms with Gasteiger partial charge in [0.2, 0.25) is 0 Å². The molecule has 1 atom stereocenters. The fraction of sp³-hybridized carbons (Fsp3) is 0.800. The Kier molecular flexibility index (Phi) is 3.50. The van der Waals surface area contributed by atoms with Crippen LogP contribution in [0.5, 0.6) is 0 Å². The fourth-order valence-electron chi connectivity index (χ4n) is 3.59. The Hall–Kier alpha value is -0.910. The van der Waals surface area contributed by atoms with E-state index in [-0.39, 0.29) is 0 Å². The standard InChI is InChI=1S/C15H25N5/c1-2-13(1)20-6-5-17-15(20)12-18-7-9-19(10-8-18)14-3-4-16-11-14/h5-6,13-14,16H,1-4,7-12H2. The third-order valence-corrected chi connectivity index (χ3v) is 5.01. The minimum atomic E-state index is 0.748. The minimum Gasteiger partial charge on any atom is -0.331 e. The number of nitrogens with one attached hydrogen (secondary N) is 1. The van der Waals surface area contributed by atoms with Crippen molar-refractivity contribution in [2.24, 2.45) is 0 Å². The Balaban J connectivity index is 1.31. The van der Waals surface area contributed by atoms with Crippen molar-refractivity contribution < 1.29 is 0 Å². The molecule has 0 amide bonds. The minimum absolute atomic E-state index is 0.748. The van der Waals surface area contributed by atoms with E-state index >= 15 is 0 Å². The Morgan fingerprint density at radius 3 is 2.65 bits per heavy atom. The average Bonchev–Trinajstić information content (AvgIpc) is 3.00. The van der Waals surface area contributed by atoms with Crippen molar-refractivity contribution in [3.8, 4) is 0 Å². The summed E-state index contributed by atoms with van der Waals surface area (Å²) >= 11 is 0. The molecule has 3 aliphatic rings. The number of piperazine rings is 1. The first-order valence-corrected chi connectivity index (χ1v) is 8.09. The SMILES string of the molecule is c1cn(C2CC2)c(CN2CCN(C3CCNC3)CC2)n1. The molecule has 0 bridgehead atoms. The van der Waals surface area contributed by atoms with Crippen LogP contribution in [0.4, 0.5) is 0 Å². The molecule has 2 aliphatic heterocycles. The summed E-state index contributed by atoms with van der Waals surface area (Å²) in [6.07, 6.45) is 8.13. The van der Waals surface area contributed by atoms with E-state index in [0.29, 0.717) is 0 Å². The molecule has 1 saturated carbocycles. The number of hydrogen-bond donors (Lipinski definition) is 1. The molecule has 3 heterocycles. The van der Waals surface area contributed by atoms with Crippen LogP contribution in [0, 0.1) is 0 Å². The van der Waals surface area contributed by atoms with Crippen LogP contribution < -0.4 is 5.32 Å². The van der Waals surface area contributed by atoms with Crippen LogP contribution in [0.15, 0.2) is 12.4 Å². The molecular weight excluding hydrogens is 250 g/mol. The molecule has 2 saturated heterocycles. The lowest BCUT2D eigenvalue weighted by Gasteiger charge is -2.37. The first-order chi connectivity index (χ1) is 9.90. The molecule has 5 heteroatoms. The average molecular weight is 275 g/mol. The third-order valence-electron chi connectivity index (χ3n) is 5.01. The maximum atomic E-state index is 4.57. The zero-order valence-electron chi connectivity index (χ0n) is 12.2. The molecule has 0 aromatic carbocycles. The van der Waals surface area contributed by atoms with Gasteiger partial charge in [-0.2, -0.15) is 0 Å². The summed E-state index contributed by atoms with van der Waals surface area (Å²) in [5.74, 6) is 1.27. The zero-order chi connectivity index (χ0) is 13.4. The Morgan fingerprint density at radius 1 is 1.10 bits per heavy atom. The van der Waals surface area contributed by atoms with E-state index in [1.807, 2.05) is 6.20 Å². The van der Waals surface area contributed by atoms with Crippen molar-refractivity contribution in [3.05, 3.63) is 18.2 Å². The highest BCUT2D eigenvalue weighted by molar-refractivity contribution is 5.00. The van der Waals surface area contributed by atoms with Gasteiger partial charge in [-0.25, -0.2) is 4.98 Å². The smallest absolute Gasteiger partial charge is 0.123 e. The number of rotatable bonds is 4. The van der Waals surface area contributed by atoms with Gasteiger partial charge in [-0.15, -0.1) is 0 Å². The van der Waals surface area contributed by atoms with Crippen LogP contribution in [-0.4, -0.2) is 64.7 Å².